The molecule has 0 spiro atoms. The van der Waals surface area contributed by atoms with E-state index in [0.29, 0.717) is 12.0 Å². The van der Waals surface area contributed by atoms with Gasteiger partial charge < -0.3 is 4.74 Å². The molecule has 0 N–H and O–H groups in total. The fraction of sp³-hybridized carbons (Fsp3) is 0.0741. The van der Waals surface area contributed by atoms with Crippen LogP contribution in [-0.4, -0.2) is 21.6 Å². The lowest BCUT2D eigenvalue weighted by atomic mass is 10.00. The average molecular weight is 419 g/mol. The first-order valence-electron chi connectivity index (χ1n) is 10.5. The number of rotatable bonds is 5. The Morgan fingerprint density at radius 3 is 2.12 bits per heavy atom. The van der Waals surface area contributed by atoms with Gasteiger partial charge in [-0.1, -0.05) is 54.6 Å². The lowest BCUT2D eigenvalue weighted by Crippen LogP contribution is -2.27. The number of hydrogen-bond acceptors (Lipinski definition) is 4. The van der Waals surface area contributed by atoms with Crippen LogP contribution in [0.5, 0.6) is 11.5 Å². The summed E-state index contributed by atoms with van der Waals surface area (Å²) in [6, 6.07) is 32.2. The lowest BCUT2D eigenvalue weighted by molar-refractivity contribution is 0.0711. The van der Waals surface area contributed by atoms with Crippen molar-refractivity contribution in [3.05, 3.63) is 126 Å². The van der Waals surface area contributed by atoms with Crippen molar-refractivity contribution in [2.24, 2.45) is 5.10 Å². The third-order valence-electron chi connectivity index (χ3n) is 5.34. The van der Waals surface area contributed by atoms with E-state index in [9.17, 15) is 4.79 Å². The first kappa shape index (κ1) is 19.7. The summed E-state index contributed by atoms with van der Waals surface area (Å²) in [6.07, 6.45) is 2.33. The normalized spacial score (nSPS) is 15.3. The van der Waals surface area contributed by atoms with Crippen LogP contribution in [0.1, 0.15) is 34.1 Å². The molecule has 1 aliphatic heterocycles. The van der Waals surface area contributed by atoms with Crippen LogP contribution >= 0.6 is 0 Å². The predicted molar refractivity (Wildman–Crippen MR) is 124 cm³/mol. The van der Waals surface area contributed by atoms with Crippen LogP contribution in [0.3, 0.4) is 0 Å². The molecule has 5 nitrogen and oxygen atoms in total. The highest BCUT2D eigenvalue weighted by atomic mass is 16.5. The second-order valence-electron chi connectivity index (χ2n) is 7.48. The summed E-state index contributed by atoms with van der Waals surface area (Å²) in [5.41, 5.74) is 3.17. The number of nitrogens with zero attached hydrogens (tertiary/aromatic N) is 3. The largest absolute Gasteiger partial charge is 0.457 e. The SMILES string of the molecule is O=C(c1ccccc1)N1N=C(c2ccccn2)CC1c1ccc(Oc2ccccc2)cc1. The van der Waals surface area contributed by atoms with Crippen LogP contribution in [0.4, 0.5) is 0 Å². The van der Waals surface area contributed by atoms with Crippen molar-refractivity contribution >= 4 is 11.6 Å². The van der Waals surface area contributed by atoms with Gasteiger partial charge in [0, 0.05) is 18.2 Å². The molecular formula is C27H21N3O2. The Labute approximate surface area is 186 Å². The number of para-hydroxylation sites is 1. The van der Waals surface area contributed by atoms with Gasteiger partial charge in [0.2, 0.25) is 0 Å². The first-order valence-corrected chi connectivity index (χ1v) is 10.5. The van der Waals surface area contributed by atoms with Gasteiger partial charge >= 0.3 is 0 Å². The molecule has 2 heterocycles. The molecule has 0 saturated carbocycles. The number of amides is 1. The average Bonchev–Trinajstić information content (AvgIpc) is 3.31. The van der Waals surface area contributed by atoms with Crippen LogP contribution in [0, 0.1) is 0 Å². The zero-order valence-corrected chi connectivity index (χ0v) is 17.3. The Kier molecular flexibility index (Phi) is 5.45. The van der Waals surface area contributed by atoms with E-state index in [2.05, 4.69) is 10.1 Å². The molecule has 1 amide bonds. The quantitative estimate of drug-likeness (QED) is 0.407. The van der Waals surface area contributed by atoms with Crippen molar-refractivity contribution in [1.82, 2.24) is 9.99 Å². The molecule has 1 aliphatic rings. The predicted octanol–water partition coefficient (Wildman–Crippen LogP) is 5.87. The van der Waals surface area contributed by atoms with Gasteiger partial charge in [-0.15, -0.1) is 0 Å². The van der Waals surface area contributed by atoms with E-state index in [1.807, 2.05) is 103 Å². The maximum absolute atomic E-state index is 13.3. The molecule has 1 aromatic heterocycles. The molecule has 5 heteroatoms. The van der Waals surface area contributed by atoms with Gasteiger partial charge in [-0.25, -0.2) is 5.01 Å². The van der Waals surface area contributed by atoms with Crippen molar-refractivity contribution in [2.45, 2.75) is 12.5 Å². The summed E-state index contributed by atoms with van der Waals surface area (Å²) in [6.45, 7) is 0. The van der Waals surface area contributed by atoms with Crippen molar-refractivity contribution in [1.29, 1.82) is 0 Å². The van der Waals surface area contributed by atoms with Gasteiger partial charge in [0.1, 0.15) is 11.5 Å². The lowest BCUT2D eigenvalue weighted by Gasteiger charge is -2.22. The van der Waals surface area contributed by atoms with E-state index in [-0.39, 0.29) is 11.9 Å². The minimum Gasteiger partial charge on any atom is -0.457 e. The third kappa shape index (κ3) is 4.14. The highest BCUT2D eigenvalue weighted by molar-refractivity contribution is 6.03. The molecule has 32 heavy (non-hydrogen) atoms. The van der Waals surface area contributed by atoms with Gasteiger partial charge in [0.05, 0.1) is 17.4 Å². The molecule has 0 fully saturated rings. The third-order valence-corrected chi connectivity index (χ3v) is 5.34. The van der Waals surface area contributed by atoms with E-state index in [1.54, 1.807) is 11.2 Å². The second kappa shape index (κ2) is 8.86. The maximum Gasteiger partial charge on any atom is 0.274 e. The number of pyridine rings is 1. The van der Waals surface area contributed by atoms with Crippen LogP contribution in [0.2, 0.25) is 0 Å². The fourth-order valence-electron chi connectivity index (χ4n) is 3.74. The van der Waals surface area contributed by atoms with Gasteiger partial charge in [-0.05, 0) is 54.1 Å². The first-order chi connectivity index (χ1) is 15.8. The summed E-state index contributed by atoms with van der Waals surface area (Å²) < 4.78 is 5.91. The molecule has 1 atom stereocenters. The Morgan fingerprint density at radius 1 is 0.781 bits per heavy atom. The molecule has 0 radical (unpaired) electrons. The molecule has 0 saturated heterocycles. The maximum atomic E-state index is 13.3. The van der Waals surface area contributed by atoms with E-state index in [0.717, 1.165) is 28.5 Å². The molecular weight excluding hydrogens is 398 g/mol. The molecule has 5 rings (SSSR count). The number of carbonyl (C=O) groups excluding carboxylic acids is 1. The number of benzene rings is 3. The van der Waals surface area contributed by atoms with Crippen molar-refractivity contribution in [3.63, 3.8) is 0 Å². The second-order valence-corrected chi connectivity index (χ2v) is 7.48. The standard InChI is InChI=1S/C27H21N3O2/c31-27(21-9-3-1-4-10-21)30-26(19-25(29-30)24-13-7-8-18-28-24)20-14-16-23(17-15-20)32-22-11-5-2-6-12-22/h1-18,26H,19H2. The van der Waals surface area contributed by atoms with Gasteiger partial charge in [-0.3, -0.25) is 9.78 Å². The zero-order chi connectivity index (χ0) is 21.8. The topological polar surface area (TPSA) is 54.8 Å². The molecule has 3 aromatic carbocycles. The van der Waals surface area contributed by atoms with Crippen LogP contribution in [0.25, 0.3) is 0 Å². The number of ether oxygens (including phenoxy) is 1. The van der Waals surface area contributed by atoms with E-state index in [4.69, 9.17) is 4.74 Å². The molecule has 4 aromatic rings. The van der Waals surface area contributed by atoms with Crippen molar-refractivity contribution in [3.8, 4) is 11.5 Å². The van der Waals surface area contributed by atoms with Crippen LogP contribution in [0.15, 0.2) is 114 Å². The van der Waals surface area contributed by atoms with Crippen LogP contribution in [-0.2, 0) is 0 Å². The minimum atomic E-state index is -0.217. The summed E-state index contributed by atoms with van der Waals surface area (Å²) in [5.74, 6) is 1.39. The number of hydrogen-bond donors (Lipinski definition) is 0. The molecule has 1 unspecified atom stereocenters. The minimum absolute atomic E-state index is 0.133. The number of aromatic nitrogens is 1. The molecule has 156 valence electrons. The zero-order valence-electron chi connectivity index (χ0n) is 17.3. The van der Waals surface area contributed by atoms with E-state index in [1.165, 1.54) is 0 Å². The van der Waals surface area contributed by atoms with Crippen molar-refractivity contribution < 1.29 is 9.53 Å². The van der Waals surface area contributed by atoms with Crippen LogP contribution < -0.4 is 4.74 Å². The summed E-state index contributed by atoms with van der Waals surface area (Å²) in [7, 11) is 0. The highest BCUT2D eigenvalue weighted by Crippen LogP contribution is 2.34. The summed E-state index contributed by atoms with van der Waals surface area (Å²) in [5, 5.41) is 6.27. The molecule has 0 aliphatic carbocycles. The fourth-order valence-corrected chi connectivity index (χ4v) is 3.74. The van der Waals surface area contributed by atoms with Crippen molar-refractivity contribution in [2.75, 3.05) is 0 Å². The monoisotopic (exact) mass is 419 g/mol. The summed E-state index contributed by atoms with van der Waals surface area (Å²) >= 11 is 0. The number of hydrazone groups is 1. The number of carbonyl (C=O) groups is 1. The molecule has 0 bridgehead atoms. The Hall–Kier alpha value is -4.25. The van der Waals surface area contributed by atoms with Gasteiger partial charge in [0.15, 0.2) is 0 Å². The highest BCUT2D eigenvalue weighted by Gasteiger charge is 2.34. The Morgan fingerprint density at radius 2 is 1.44 bits per heavy atom. The smallest absolute Gasteiger partial charge is 0.274 e. The summed E-state index contributed by atoms with van der Waals surface area (Å²) in [4.78, 5) is 17.7. The Bertz CT molecular complexity index is 1220. The van der Waals surface area contributed by atoms with Gasteiger partial charge in [0.25, 0.3) is 5.91 Å². The van der Waals surface area contributed by atoms with E-state index < -0.39 is 0 Å². The van der Waals surface area contributed by atoms with Gasteiger partial charge in [-0.2, -0.15) is 5.10 Å². The van der Waals surface area contributed by atoms with E-state index >= 15 is 0 Å². The Balaban J connectivity index is 1.44.